The van der Waals surface area contributed by atoms with Crippen molar-refractivity contribution in [2.45, 2.75) is 0 Å². The van der Waals surface area contributed by atoms with E-state index < -0.39 is 0 Å². The minimum atomic E-state index is -0.0940. The first-order valence-corrected chi connectivity index (χ1v) is 7.05. The molecular weight excluding hydrogens is 347 g/mol. The van der Waals surface area contributed by atoms with Crippen molar-refractivity contribution in [2.24, 2.45) is 0 Å². The van der Waals surface area contributed by atoms with Crippen molar-refractivity contribution in [3.63, 3.8) is 0 Å². The molecule has 0 N–H and O–H groups in total. The van der Waals surface area contributed by atoms with Gasteiger partial charge in [0, 0.05) is 25.6 Å². The third-order valence-electron chi connectivity index (χ3n) is 2.53. The normalized spacial score (nSPS) is 10.9. The Morgan fingerprint density at radius 2 is 1.58 bits per heavy atom. The molecule has 2 rings (SSSR count). The van der Waals surface area contributed by atoms with Crippen LogP contribution in [0, 0.1) is 0 Å². The molecule has 0 saturated heterocycles. The zero-order valence-corrected chi connectivity index (χ0v) is 12.8. The lowest BCUT2D eigenvalue weighted by Gasteiger charge is -2.01. The largest absolute Gasteiger partial charge is 0.289 e. The number of hydrogen-bond acceptors (Lipinski definition) is 1. The van der Waals surface area contributed by atoms with Crippen LogP contribution in [0.3, 0.4) is 0 Å². The highest BCUT2D eigenvalue weighted by atomic mass is 79.9. The summed E-state index contributed by atoms with van der Waals surface area (Å²) in [4.78, 5) is 12.0. The van der Waals surface area contributed by atoms with E-state index in [2.05, 4.69) is 15.9 Å². The minimum absolute atomic E-state index is 0.0940. The van der Waals surface area contributed by atoms with Gasteiger partial charge in [-0.25, -0.2) is 0 Å². The molecule has 0 atom stereocenters. The first kappa shape index (κ1) is 14.3. The summed E-state index contributed by atoms with van der Waals surface area (Å²) >= 11 is 15.4. The molecule has 4 heteroatoms. The van der Waals surface area contributed by atoms with Gasteiger partial charge in [0.05, 0.1) is 0 Å². The number of carbonyl (C=O) groups excluding carboxylic acids is 1. The van der Waals surface area contributed by atoms with Crippen molar-refractivity contribution in [1.82, 2.24) is 0 Å². The number of hydrogen-bond donors (Lipinski definition) is 0. The highest BCUT2D eigenvalue weighted by molar-refractivity contribution is 9.10. The lowest BCUT2D eigenvalue weighted by Crippen LogP contribution is -1.93. The Morgan fingerprint density at radius 1 is 1.00 bits per heavy atom. The van der Waals surface area contributed by atoms with Crippen molar-refractivity contribution in [1.29, 1.82) is 0 Å². The average Bonchev–Trinajstić information content (AvgIpc) is 2.38. The highest BCUT2D eigenvalue weighted by Gasteiger charge is 2.04. The second-order valence-electron chi connectivity index (χ2n) is 3.84. The van der Waals surface area contributed by atoms with E-state index in [9.17, 15) is 4.79 Å². The van der Waals surface area contributed by atoms with E-state index in [1.54, 1.807) is 36.4 Å². The summed E-state index contributed by atoms with van der Waals surface area (Å²) in [6.45, 7) is 0. The molecule has 96 valence electrons. The molecular formula is C15H9BrCl2O. The van der Waals surface area contributed by atoms with Crippen LogP contribution in [0.1, 0.15) is 15.9 Å². The van der Waals surface area contributed by atoms with Crippen LogP contribution >= 0.6 is 39.1 Å². The molecule has 0 aromatic heterocycles. The van der Waals surface area contributed by atoms with Gasteiger partial charge in [-0.3, -0.25) is 4.79 Å². The second-order valence-corrected chi connectivity index (χ2v) is 5.57. The summed E-state index contributed by atoms with van der Waals surface area (Å²) < 4.78 is 0.933. The van der Waals surface area contributed by atoms with Gasteiger partial charge >= 0.3 is 0 Å². The summed E-state index contributed by atoms with van der Waals surface area (Å²) in [7, 11) is 0. The first-order valence-electron chi connectivity index (χ1n) is 5.50. The van der Waals surface area contributed by atoms with E-state index in [1.165, 1.54) is 6.08 Å². The SMILES string of the molecule is O=C(/C=C/c1c(Cl)cccc1Cl)c1ccc(Br)cc1. The molecule has 0 aliphatic carbocycles. The molecule has 2 aromatic carbocycles. The maximum absolute atomic E-state index is 12.0. The van der Waals surface area contributed by atoms with Crippen LogP contribution in [0.2, 0.25) is 10.0 Å². The zero-order chi connectivity index (χ0) is 13.8. The fraction of sp³-hybridized carbons (Fsp3) is 0. The topological polar surface area (TPSA) is 17.1 Å². The zero-order valence-electron chi connectivity index (χ0n) is 9.74. The quantitative estimate of drug-likeness (QED) is 0.513. The molecule has 0 aliphatic rings. The predicted octanol–water partition coefficient (Wildman–Crippen LogP) is 5.65. The van der Waals surface area contributed by atoms with Crippen LogP contribution in [0.4, 0.5) is 0 Å². The van der Waals surface area contributed by atoms with Crippen molar-refractivity contribution in [3.05, 3.63) is 74.2 Å². The molecule has 0 saturated carbocycles. The van der Waals surface area contributed by atoms with Gasteiger partial charge in [-0.05, 0) is 48.6 Å². The van der Waals surface area contributed by atoms with Crippen LogP contribution in [0.15, 0.2) is 53.0 Å². The lowest BCUT2D eigenvalue weighted by molar-refractivity contribution is 0.104. The van der Waals surface area contributed by atoms with Crippen LogP contribution in [0.5, 0.6) is 0 Å². The minimum Gasteiger partial charge on any atom is -0.289 e. The molecule has 0 unspecified atom stereocenters. The summed E-state index contributed by atoms with van der Waals surface area (Å²) in [5, 5.41) is 1.04. The van der Waals surface area contributed by atoms with Gasteiger partial charge in [-0.1, -0.05) is 45.2 Å². The van der Waals surface area contributed by atoms with Crippen LogP contribution in [-0.4, -0.2) is 5.78 Å². The number of allylic oxidation sites excluding steroid dienone is 1. The molecule has 0 amide bonds. The predicted molar refractivity (Wildman–Crippen MR) is 84.0 cm³/mol. The van der Waals surface area contributed by atoms with Crippen molar-refractivity contribution in [2.75, 3.05) is 0 Å². The Morgan fingerprint density at radius 3 is 2.16 bits per heavy atom. The van der Waals surface area contributed by atoms with Crippen LogP contribution in [0.25, 0.3) is 6.08 Å². The van der Waals surface area contributed by atoms with Gasteiger partial charge in [-0.2, -0.15) is 0 Å². The Labute approximate surface area is 130 Å². The van der Waals surface area contributed by atoms with Crippen molar-refractivity contribution < 1.29 is 4.79 Å². The van der Waals surface area contributed by atoms with Gasteiger partial charge in [0.15, 0.2) is 5.78 Å². The van der Waals surface area contributed by atoms with E-state index in [4.69, 9.17) is 23.2 Å². The summed E-state index contributed by atoms with van der Waals surface area (Å²) in [5.41, 5.74) is 1.26. The smallest absolute Gasteiger partial charge is 0.185 e. The van der Waals surface area contributed by atoms with Gasteiger partial charge in [0.1, 0.15) is 0 Å². The molecule has 0 fully saturated rings. The number of benzene rings is 2. The first-order chi connectivity index (χ1) is 9.08. The van der Waals surface area contributed by atoms with E-state index in [1.807, 2.05) is 12.1 Å². The summed E-state index contributed by atoms with van der Waals surface area (Å²) in [5.74, 6) is -0.0940. The molecule has 0 spiro atoms. The molecule has 2 aromatic rings. The Hall–Kier alpha value is -1.09. The van der Waals surface area contributed by atoms with Crippen molar-refractivity contribution in [3.8, 4) is 0 Å². The maximum Gasteiger partial charge on any atom is 0.185 e. The van der Waals surface area contributed by atoms with E-state index in [0.717, 1.165) is 4.47 Å². The molecule has 0 bridgehead atoms. The number of halogens is 3. The molecule has 19 heavy (non-hydrogen) atoms. The van der Waals surface area contributed by atoms with Crippen molar-refractivity contribution >= 4 is 51.0 Å². The lowest BCUT2D eigenvalue weighted by atomic mass is 10.1. The Bertz CT molecular complexity index is 613. The standard InChI is InChI=1S/C15H9BrCl2O/c16-11-6-4-10(5-7-11)15(19)9-8-12-13(17)2-1-3-14(12)18/h1-9H/b9-8+. The Balaban J connectivity index is 2.23. The fourth-order valence-electron chi connectivity index (χ4n) is 1.54. The number of ketones is 1. The molecule has 0 aliphatic heterocycles. The summed E-state index contributed by atoms with van der Waals surface area (Å²) in [6, 6.07) is 12.4. The molecule has 1 nitrogen and oxygen atoms in total. The van der Waals surface area contributed by atoms with Gasteiger partial charge in [0.25, 0.3) is 0 Å². The van der Waals surface area contributed by atoms with Gasteiger partial charge in [-0.15, -0.1) is 0 Å². The molecule has 0 heterocycles. The van der Waals surface area contributed by atoms with E-state index in [-0.39, 0.29) is 5.78 Å². The summed E-state index contributed by atoms with van der Waals surface area (Å²) in [6.07, 6.45) is 3.10. The highest BCUT2D eigenvalue weighted by Crippen LogP contribution is 2.25. The van der Waals surface area contributed by atoms with E-state index in [0.29, 0.717) is 21.2 Å². The average molecular weight is 356 g/mol. The van der Waals surface area contributed by atoms with Gasteiger partial charge < -0.3 is 0 Å². The maximum atomic E-state index is 12.0. The number of rotatable bonds is 3. The van der Waals surface area contributed by atoms with Crippen LogP contribution in [-0.2, 0) is 0 Å². The third-order valence-corrected chi connectivity index (χ3v) is 3.72. The third kappa shape index (κ3) is 3.69. The monoisotopic (exact) mass is 354 g/mol. The Kier molecular flexibility index (Phi) is 4.81. The van der Waals surface area contributed by atoms with Crippen LogP contribution < -0.4 is 0 Å². The van der Waals surface area contributed by atoms with Gasteiger partial charge in [0.2, 0.25) is 0 Å². The second kappa shape index (κ2) is 6.38. The fourth-order valence-corrected chi connectivity index (χ4v) is 2.33. The molecule has 0 radical (unpaired) electrons. The number of carbonyl (C=O) groups is 1. The van der Waals surface area contributed by atoms with E-state index >= 15 is 0 Å².